The van der Waals surface area contributed by atoms with Gasteiger partial charge in [-0.3, -0.25) is 0 Å². The minimum Gasteiger partial charge on any atom is -0.379 e. The van der Waals surface area contributed by atoms with Crippen LogP contribution in [0.5, 0.6) is 0 Å². The molecule has 3 nitrogen and oxygen atoms in total. The molecule has 3 rings (SSSR count). The summed E-state index contributed by atoms with van der Waals surface area (Å²) in [7, 11) is 0. The van der Waals surface area contributed by atoms with Crippen molar-refractivity contribution >= 4 is 15.9 Å². The molecule has 2 atom stereocenters. The van der Waals surface area contributed by atoms with Gasteiger partial charge in [0.05, 0.1) is 25.4 Å². The predicted octanol–water partition coefficient (Wildman–Crippen LogP) is 1.96. The van der Waals surface area contributed by atoms with E-state index in [1.54, 1.807) is 0 Å². The molecule has 2 aliphatic heterocycles. The minimum absolute atomic E-state index is 0.251. The molecule has 0 amide bonds. The van der Waals surface area contributed by atoms with Gasteiger partial charge in [0.15, 0.2) is 0 Å². The lowest BCUT2D eigenvalue weighted by atomic mass is 9.82. The van der Waals surface area contributed by atoms with Crippen molar-refractivity contribution in [2.75, 3.05) is 19.8 Å². The van der Waals surface area contributed by atoms with Crippen LogP contribution in [0.4, 0.5) is 4.39 Å². The molecule has 0 aliphatic carbocycles. The van der Waals surface area contributed by atoms with Crippen molar-refractivity contribution in [2.24, 2.45) is 5.92 Å². The molecule has 1 aromatic carbocycles. The second-order valence-corrected chi connectivity index (χ2v) is 5.17. The van der Waals surface area contributed by atoms with E-state index >= 15 is 0 Å². The van der Waals surface area contributed by atoms with Gasteiger partial charge < -0.3 is 9.57 Å². The quantitative estimate of drug-likeness (QED) is 0.857. The number of nitrogens with one attached hydrogen (secondary N) is 1. The zero-order valence-electron chi connectivity index (χ0n) is 8.50. The third-order valence-corrected chi connectivity index (χ3v) is 3.72. The number of fused-ring (bicyclic) bond motifs is 1. The van der Waals surface area contributed by atoms with E-state index in [2.05, 4.69) is 21.4 Å². The first-order chi connectivity index (χ1) is 7.71. The number of halogens is 2. The molecule has 2 unspecified atom stereocenters. The van der Waals surface area contributed by atoms with Crippen LogP contribution in [-0.2, 0) is 15.1 Å². The highest BCUT2D eigenvalue weighted by Crippen LogP contribution is 2.40. The molecular weight excluding hydrogens is 277 g/mol. The summed E-state index contributed by atoms with van der Waals surface area (Å²) in [6, 6.07) is 4.89. The molecule has 86 valence electrons. The van der Waals surface area contributed by atoms with Crippen LogP contribution in [0.25, 0.3) is 0 Å². The van der Waals surface area contributed by atoms with Crippen molar-refractivity contribution < 1.29 is 14.0 Å². The van der Waals surface area contributed by atoms with Gasteiger partial charge in [0.1, 0.15) is 5.82 Å². The van der Waals surface area contributed by atoms with Crippen molar-refractivity contribution in [2.45, 2.75) is 5.54 Å². The fraction of sp³-hybridized carbons (Fsp3) is 0.455. The van der Waals surface area contributed by atoms with Crippen LogP contribution in [-0.4, -0.2) is 19.8 Å². The van der Waals surface area contributed by atoms with Crippen LogP contribution < -0.4 is 5.48 Å². The minimum atomic E-state index is -0.384. The van der Waals surface area contributed by atoms with E-state index in [9.17, 15) is 4.39 Å². The molecule has 0 aromatic heterocycles. The smallest absolute Gasteiger partial charge is 0.124 e. The number of hydroxylamine groups is 1. The Kier molecular flexibility index (Phi) is 2.51. The van der Waals surface area contributed by atoms with E-state index in [1.165, 1.54) is 12.1 Å². The Labute approximate surface area is 101 Å². The molecule has 0 saturated carbocycles. The number of ether oxygens (including phenoxy) is 1. The standard InChI is InChI=1S/C11H11BrFNO2/c12-9-1-7(2-10(13)3-9)11-6-15-4-8(11)5-16-14-11/h1-3,8,14H,4-6H2. The summed E-state index contributed by atoms with van der Waals surface area (Å²) in [4.78, 5) is 5.28. The van der Waals surface area contributed by atoms with Gasteiger partial charge in [0.2, 0.25) is 0 Å². The summed E-state index contributed by atoms with van der Waals surface area (Å²) in [5, 5.41) is 0. The van der Waals surface area contributed by atoms with Crippen LogP contribution in [0, 0.1) is 11.7 Å². The first kappa shape index (κ1) is 10.7. The van der Waals surface area contributed by atoms with E-state index < -0.39 is 0 Å². The highest BCUT2D eigenvalue weighted by Gasteiger charge is 2.50. The predicted molar refractivity (Wildman–Crippen MR) is 59.2 cm³/mol. The van der Waals surface area contributed by atoms with Crippen LogP contribution in [0.15, 0.2) is 22.7 Å². The topological polar surface area (TPSA) is 30.5 Å². The lowest BCUT2D eigenvalue weighted by Crippen LogP contribution is -2.41. The lowest BCUT2D eigenvalue weighted by molar-refractivity contribution is 0.0250. The van der Waals surface area contributed by atoms with E-state index in [1.807, 2.05) is 6.07 Å². The van der Waals surface area contributed by atoms with Gasteiger partial charge in [-0.1, -0.05) is 15.9 Å². The van der Waals surface area contributed by atoms with E-state index in [-0.39, 0.29) is 17.3 Å². The average molecular weight is 288 g/mol. The van der Waals surface area contributed by atoms with Crippen molar-refractivity contribution in [1.29, 1.82) is 0 Å². The van der Waals surface area contributed by atoms with Crippen molar-refractivity contribution in [3.05, 3.63) is 34.1 Å². The molecule has 0 bridgehead atoms. The molecule has 1 aromatic rings. The maximum absolute atomic E-state index is 13.4. The fourth-order valence-corrected chi connectivity index (χ4v) is 2.85. The monoisotopic (exact) mass is 287 g/mol. The Morgan fingerprint density at radius 1 is 1.38 bits per heavy atom. The third-order valence-electron chi connectivity index (χ3n) is 3.26. The molecule has 0 spiro atoms. The highest BCUT2D eigenvalue weighted by molar-refractivity contribution is 9.10. The van der Waals surface area contributed by atoms with Crippen molar-refractivity contribution in [3.63, 3.8) is 0 Å². The SMILES string of the molecule is Fc1cc(Br)cc(C23COCC2CON3)c1. The Hall–Kier alpha value is -0.490. The number of rotatable bonds is 1. The summed E-state index contributed by atoms with van der Waals surface area (Å²) in [6.45, 7) is 1.78. The zero-order chi connectivity index (χ0) is 11.2. The maximum Gasteiger partial charge on any atom is 0.124 e. The number of hydrogen-bond donors (Lipinski definition) is 1. The normalized spacial score (nSPS) is 33.0. The number of hydrogen-bond acceptors (Lipinski definition) is 3. The highest BCUT2D eigenvalue weighted by atomic mass is 79.9. The lowest BCUT2D eigenvalue weighted by Gasteiger charge is -2.26. The summed E-state index contributed by atoms with van der Waals surface area (Å²) >= 11 is 3.30. The van der Waals surface area contributed by atoms with E-state index in [0.717, 1.165) is 10.0 Å². The Morgan fingerprint density at radius 3 is 3.06 bits per heavy atom. The van der Waals surface area contributed by atoms with Gasteiger partial charge in [0, 0.05) is 10.4 Å². The molecule has 2 fully saturated rings. The Balaban J connectivity index is 2.07. The first-order valence-electron chi connectivity index (χ1n) is 5.14. The zero-order valence-corrected chi connectivity index (χ0v) is 10.1. The van der Waals surface area contributed by atoms with Gasteiger partial charge in [0.25, 0.3) is 0 Å². The third kappa shape index (κ3) is 1.50. The molecule has 2 heterocycles. The van der Waals surface area contributed by atoms with E-state index in [4.69, 9.17) is 9.57 Å². The van der Waals surface area contributed by atoms with E-state index in [0.29, 0.717) is 19.8 Å². The summed E-state index contributed by atoms with van der Waals surface area (Å²) in [5.41, 5.74) is 3.48. The molecule has 1 N–H and O–H groups in total. The molecule has 16 heavy (non-hydrogen) atoms. The summed E-state index contributed by atoms with van der Waals surface area (Å²) < 4.78 is 19.6. The van der Waals surface area contributed by atoms with Gasteiger partial charge in [-0.05, 0) is 23.8 Å². The molecule has 5 heteroatoms. The van der Waals surface area contributed by atoms with Crippen LogP contribution >= 0.6 is 15.9 Å². The summed E-state index contributed by atoms with van der Waals surface area (Å²) in [6.07, 6.45) is 0. The van der Waals surface area contributed by atoms with Crippen LogP contribution in [0.3, 0.4) is 0 Å². The number of benzene rings is 1. The summed E-state index contributed by atoms with van der Waals surface area (Å²) in [5.74, 6) is -0.000648. The average Bonchev–Trinajstić information content (AvgIpc) is 2.73. The molecular formula is C11H11BrFNO2. The van der Waals surface area contributed by atoms with Gasteiger partial charge in [-0.15, -0.1) is 0 Å². The van der Waals surface area contributed by atoms with Gasteiger partial charge in [-0.2, -0.15) is 5.48 Å². The van der Waals surface area contributed by atoms with Crippen LogP contribution in [0.2, 0.25) is 0 Å². The Morgan fingerprint density at radius 2 is 2.25 bits per heavy atom. The largest absolute Gasteiger partial charge is 0.379 e. The van der Waals surface area contributed by atoms with Gasteiger partial charge in [-0.25, -0.2) is 4.39 Å². The Bertz CT molecular complexity index is 396. The van der Waals surface area contributed by atoms with Crippen LogP contribution in [0.1, 0.15) is 5.56 Å². The molecule has 2 aliphatic rings. The fourth-order valence-electron chi connectivity index (χ4n) is 2.39. The van der Waals surface area contributed by atoms with Crippen molar-refractivity contribution in [3.8, 4) is 0 Å². The second-order valence-electron chi connectivity index (χ2n) is 4.25. The maximum atomic E-state index is 13.4. The molecule has 0 radical (unpaired) electrons. The molecule has 2 saturated heterocycles. The van der Waals surface area contributed by atoms with Crippen molar-refractivity contribution in [1.82, 2.24) is 5.48 Å². The first-order valence-corrected chi connectivity index (χ1v) is 5.93. The van der Waals surface area contributed by atoms with Gasteiger partial charge >= 0.3 is 0 Å². The second kappa shape index (κ2) is 3.77.